The van der Waals surface area contributed by atoms with E-state index in [-0.39, 0.29) is 24.9 Å². The molecule has 0 bridgehead atoms. The van der Waals surface area contributed by atoms with Crippen LogP contribution in [0.4, 0.5) is 0 Å². The number of nitrogens with one attached hydrogen (secondary N) is 2. The van der Waals surface area contributed by atoms with Gasteiger partial charge in [-0.3, -0.25) is 4.79 Å². The fraction of sp³-hybridized carbons (Fsp3) is 0.889. The smallest absolute Gasteiger partial charge is 0.246 e. The van der Waals surface area contributed by atoms with E-state index in [1.807, 2.05) is 6.92 Å². The van der Waals surface area contributed by atoms with Crippen molar-refractivity contribution in [3.05, 3.63) is 0 Å². The Kier molecular flexibility index (Phi) is 15.5. The first-order chi connectivity index (χ1) is 6.81. The number of amides is 1. The Hall–Kier alpha value is -0.360. The third kappa shape index (κ3) is 13.6. The Labute approximate surface area is 97.3 Å². The van der Waals surface area contributed by atoms with Gasteiger partial charge in [0, 0.05) is 20.2 Å². The van der Waals surface area contributed by atoms with E-state index in [9.17, 15) is 4.79 Å². The molecule has 0 aliphatic carbocycles. The predicted molar refractivity (Wildman–Crippen MR) is 61.5 cm³/mol. The molecular weight excluding hydrogens is 220 g/mol. The molecule has 0 fully saturated rings. The highest BCUT2D eigenvalue weighted by Crippen LogP contribution is 1.76. The van der Waals surface area contributed by atoms with E-state index in [0.717, 1.165) is 13.1 Å². The highest BCUT2D eigenvalue weighted by molar-refractivity contribution is 5.85. The molecule has 0 atom stereocenters. The molecule has 0 aromatic heterocycles. The molecule has 0 rings (SSSR count). The van der Waals surface area contributed by atoms with Gasteiger partial charge < -0.3 is 20.1 Å². The van der Waals surface area contributed by atoms with E-state index in [0.29, 0.717) is 19.8 Å². The van der Waals surface area contributed by atoms with Gasteiger partial charge in [-0.05, 0) is 6.54 Å². The fourth-order valence-corrected chi connectivity index (χ4v) is 0.825. The highest BCUT2D eigenvalue weighted by Gasteiger charge is 1.99. The van der Waals surface area contributed by atoms with Gasteiger partial charge in [-0.25, -0.2) is 0 Å². The van der Waals surface area contributed by atoms with Crippen molar-refractivity contribution in [1.82, 2.24) is 10.6 Å². The minimum atomic E-state index is -0.0843. The Bertz CT molecular complexity index is 133. The molecule has 0 aliphatic rings. The van der Waals surface area contributed by atoms with Crippen molar-refractivity contribution in [2.75, 3.05) is 46.6 Å². The maximum absolute atomic E-state index is 11.1. The van der Waals surface area contributed by atoms with Crippen LogP contribution in [-0.2, 0) is 14.3 Å². The summed E-state index contributed by atoms with van der Waals surface area (Å²) in [5.74, 6) is -0.0843. The van der Waals surface area contributed by atoms with Crippen molar-refractivity contribution < 1.29 is 14.3 Å². The Morgan fingerprint density at radius 2 is 2.00 bits per heavy atom. The Balaban J connectivity index is 0. The highest BCUT2D eigenvalue weighted by atomic mass is 35.5. The molecule has 0 aliphatic heterocycles. The lowest BCUT2D eigenvalue weighted by atomic mass is 10.5. The predicted octanol–water partition coefficient (Wildman–Crippen LogP) is -0.203. The van der Waals surface area contributed by atoms with Crippen LogP contribution in [0.5, 0.6) is 0 Å². The molecule has 15 heavy (non-hydrogen) atoms. The molecule has 0 radical (unpaired) electrons. The minimum absolute atomic E-state index is 0. The van der Waals surface area contributed by atoms with Crippen LogP contribution in [0.3, 0.4) is 0 Å². The minimum Gasteiger partial charge on any atom is -0.382 e. The summed E-state index contributed by atoms with van der Waals surface area (Å²) in [6, 6.07) is 0. The quantitative estimate of drug-likeness (QED) is 0.548. The molecule has 0 aromatic rings. The summed E-state index contributed by atoms with van der Waals surface area (Å²) in [5, 5.41) is 5.83. The third-order valence-electron chi connectivity index (χ3n) is 1.54. The van der Waals surface area contributed by atoms with E-state index >= 15 is 0 Å². The van der Waals surface area contributed by atoms with Gasteiger partial charge in [-0.15, -0.1) is 12.4 Å². The van der Waals surface area contributed by atoms with E-state index < -0.39 is 0 Å². The second kappa shape index (κ2) is 13.6. The molecule has 6 heteroatoms. The van der Waals surface area contributed by atoms with Gasteiger partial charge in [-0.1, -0.05) is 6.92 Å². The molecule has 0 heterocycles. The number of carbonyl (C=O) groups excluding carboxylic acids is 1. The van der Waals surface area contributed by atoms with Gasteiger partial charge in [0.05, 0.1) is 13.2 Å². The molecule has 0 saturated carbocycles. The zero-order valence-corrected chi connectivity index (χ0v) is 10.2. The Morgan fingerprint density at radius 3 is 2.60 bits per heavy atom. The summed E-state index contributed by atoms with van der Waals surface area (Å²) in [7, 11) is 1.60. The summed E-state index contributed by atoms with van der Waals surface area (Å²) in [4.78, 5) is 11.1. The first-order valence-corrected chi connectivity index (χ1v) is 4.85. The van der Waals surface area contributed by atoms with Gasteiger partial charge in [0.15, 0.2) is 0 Å². The van der Waals surface area contributed by atoms with Gasteiger partial charge >= 0.3 is 0 Å². The standard InChI is InChI=1S/C9H20N2O3.ClH/c1-3-10-4-5-11-9(12)8-14-7-6-13-2;/h10H,3-8H2,1-2H3,(H,11,12);1H. The lowest BCUT2D eigenvalue weighted by molar-refractivity contribution is -0.126. The number of carbonyl (C=O) groups is 1. The van der Waals surface area contributed by atoms with Crippen molar-refractivity contribution in [3.8, 4) is 0 Å². The number of halogens is 1. The van der Waals surface area contributed by atoms with Crippen molar-refractivity contribution in [3.63, 3.8) is 0 Å². The average molecular weight is 241 g/mol. The number of hydrogen-bond acceptors (Lipinski definition) is 4. The Morgan fingerprint density at radius 1 is 1.27 bits per heavy atom. The first kappa shape index (κ1) is 17.0. The molecule has 92 valence electrons. The number of rotatable bonds is 9. The van der Waals surface area contributed by atoms with Crippen molar-refractivity contribution in [1.29, 1.82) is 0 Å². The zero-order valence-electron chi connectivity index (χ0n) is 9.38. The van der Waals surface area contributed by atoms with Gasteiger partial charge in [-0.2, -0.15) is 0 Å². The molecule has 2 N–H and O–H groups in total. The SMILES string of the molecule is CCNCCNC(=O)COCCOC.Cl. The first-order valence-electron chi connectivity index (χ1n) is 4.85. The molecular formula is C9H21ClN2O3. The van der Waals surface area contributed by atoms with Gasteiger partial charge in [0.1, 0.15) is 6.61 Å². The van der Waals surface area contributed by atoms with Crippen LogP contribution in [0.15, 0.2) is 0 Å². The van der Waals surface area contributed by atoms with Crippen LogP contribution < -0.4 is 10.6 Å². The normalized spacial score (nSPS) is 9.47. The zero-order chi connectivity index (χ0) is 10.6. The van der Waals surface area contributed by atoms with Crippen molar-refractivity contribution >= 4 is 18.3 Å². The van der Waals surface area contributed by atoms with Crippen LogP contribution in [0.2, 0.25) is 0 Å². The molecule has 1 amide bonds. The number of likely N-dealkylation sites (N-methyl/N-ethyl adjacent to an activating group) is 1. The summed E-state index contributed by atoms with van der Waals surface area (Å²) in [6.07, 6.45) is 0. The maximum Gasteiger partial charge on any atom is 0.246 e. The summed E-state index contributed by atoms with van der Waals surface area (Å²) in [5.41, 5.74) is 0. The van der Waals surface area contributed by atoms with Crippen molar-refractivity contribution in [2.45, 2.75) is 6.92 Å². The second-order valence-corrected chi connectivity index (χ2v) is 2.75. The average Bonchev–Trinajstić information content (AvgIpc) is 2.19. The monoisotopic (exact) mass is 240 g/mol. The third-order valence-corrected chi connectivity index (χ3v) is 1.54. The maximum atomic E-state index is 11.1. The van der Waals surface area contributed by atoms with Crippen LogP contribution in [0.25, 0.3) is 0 Å². The van der Waals surface area contributed by atoms with Gasteiger partial charge in [0.25, 0.3) is 0 Å². The van der Waals surface area contributed by atoms with E-state index in [1.54, 1.807) is 7.11 Å². The van der Waals surface area contributed by atoms with Gasteiger partial charge in [0.2, 0.25) is 5.91 Å². The lowest BCUT2D eigenvalue weighted by Gasteiger charge is -2.05. The molecule has 0 unspecified atom stereocenters. The second-order valence-electron chi connectivity index (χ2n) is 2.75. The number of ether oxygens (including phenoxy) is 2. The summed E-state index contributed by atoms with van der Waals surface area (Å²) >= 11 is 0. The van der Waals surface area contributed by atoms with Crippen LogP contribution >= 0.6 is 12.4 Å². The molecule has 5 nitrogen and oxygen atoms in total. The topological polar surface area (TPSA) is 59.6 Å². The van der Waals surface area contributed by atoms with Crippen LogP contribution in [0.1, 0.15) is 6.92 Å². The van der Waals surface area contributed by atoms with E-state index in [2.05, 4.69) is 10.6 Å². The van der Waals surface area contributed by atoms with Crippen LogP contribution in [0, 0.1) is 0 Å². The lowest BCUT2D eigenvalue weighted by Crippen LogP contribution is -2.34. The van der Waals surface area contributed by atoms with Crippen LogP contribution in [-0.4, -0.2) is 52.5 Å². The van der Waals surface area contributed by atoms with Crippen molar-refractivity contribution in [2.24, 2.45) is 0 Å². The largest absolute Gasteiger partial charge is 0.382 e. The number of methoxy groups -OCH3 is 1. The molecule has 0 saturated heterocycles. The summed E-state index contributed by atoms with van der Waals surface area (Å²) < 4.78 is 9.81. The fourth-order valence-electron chi connectivity index (χ4n) is 0.825. The number of hydrogen-bond donors (Lipinski definition) is 2. The van der Waals surface area contributed by atoms with E-state index in [4.69, 9.17) is 9.47 Å². The molecule has 0 aromatic carbocycles. The molecule has 0 spiro atoms. The summed E-state index contributed by atoms with van der Waals surface area (Å²) in [6.45, 7) is 5.45. The van der Waals surface area contributed by atoms with E-state index in [1.165, 1.54) is 0 Å².